The largest absolute Gasteiger partial charge is 0.258 e. The van der Waals surface area contributed by atoms with Gasteiger partial charge in [0.2, 0.25) is 0 Å². The van der Waals surface area contributed by atoms with Gasteiger partial charge in [-0.1, -0.05) is 39.0 Å². The lowest BCUT2D eigenvalue weighted by molar-refractivity contribution is 0.574. The van der Waals surface area contributed by atoms with E-state index in [9.17, 15) is 4.21 Å². The molecular weight excluding hydrogens is 236 g/mol. The van der Waals surface area contributed by atoms with Crippen molar-refractivity contribution in [1.29, 1.82) is 0 Å². The molecule has 16 heavy (non-hydrogen) atoms. The Hall–Kier alpha value is 0.500. The number of hydrogen-bond acceptors (Lipinski definition) is 2. The Labute approximate surface area is 108 Å². The highest BCUT2D eigenvalue weighted by Gasteiger charge is 2.35. The Morgan fingerprint density at radius 3 is 2.62 bits per heavy atom. The first-order valence-electron chi connectivity index (χ1n) is 6.62. The Bertz CT molecular complexity index is 226. The molecule has 0 saturated carbocycles. The highest BCUT2D eigenvalue weighted by molar-refractivity contribution is 8.13. The first kappa shape index (κ1) is 14.6. The predicted molar refractivity (Wildman–Crippen MR) is 76.5 cm³/mol. The van der Waals surface area contributed by atoms with Crippen LogP contribution in [0.25, 0.3) is 0 Å². The molecule has 2 unspecified atom stereocenters. The maximum Gasteiger partial charge on any atom is 0.0855 e. The number of rotatable bonds is 6. The van der Waals surface area contributed by atoms with Crippen LogP contribution in [0.4, 0.5) is 0 Å². The van der Waals surface area contributed by atoms with E-state index >= 15 is 0 Å². The fourth-order valence-corrected chi connectivity index (χ4v) is 5.91. The van der Waals surface area contributed by atoms with Crippen LogP contribution in [-0.2, 0) is 10.8 Å². The molecule has 0 aromatic rings. The molecule has 1 aliphatic heterocycles. The molecular formula is C13H26OS2. The molecule has 0 aromatic carbocycles. The lowest BCUT2D eigenvalue weighted by atomic mass is 10.1. The van der Waals surface area contributed by atoms with E-state index in [0.717, 1.165) is 6.42 Å². The molecule has 0 aromatic heterocycles. The summed E-state index contributed by atoms with van der Waals surface area (Å²) in [4.78, 5) is 0. The van der Waals surface area contributed by atoms with Crippen molar-refractivity contribution >= 4 is 22.6 Å². The smallest absolute Gasteiger partial charge is 0.0855 e. The van der Waals surface area contributed by atoms with Crippen LogP contribution in [0.15, 0.2) is 0 Å². The summed E-state index contributed by atoms with van der Waals surface area (Å²) in [7, 11) is -0.633. The molecule has 1 heterocycles. The zero-order valence-corrected chi connectivity index (χ0v) is 12.6. The van der Waals surface area contributed by atoms with Gasteiger partial charge < -0.3 is 0 Å². The van der Waals surface area contributed by atoms with Gasteiger partial charge in [0, 0.05) is 16.0 Å². The molecule has 2 atom stereocenters. The number of unbranched alkanes of at least 4 members (excludes halogenated alkanes) is 4. The molecule has 0 spiro atoms. The predicted octanol–water partition coefficient (Wildman–Crippen LogP) is 4.34. The van der Waals surface area contributed by atoms with Gasteiger partial charge in [-0.25, -0.2) is 0 Å². The van der Waals surface area contributed by atoms with E-state index in [2.05, 4.69) is 20.8 Å². The van der Waals surface area contributed by atoms with E-state index in [-0.39, 0.29) is 4.08 Å². The minimum atomic E-state index is -0.633. The lowest BCUT2D eigenvalue weighted by Gasteiger charge is -2.34. The zero-order valence-electron chi connectivity index (χ0n) is 11.0. The molecule has 0 amide bonds. The van der Waals surface area contributed by atoms with E-state index in [4.69, 9.17) is 0 Å². The molecule has 96 valence electrons. The van der Waals surface area contributed by atoms with Gasteiger partial charge in [0.1, 0.15) is 0 Å². The summed E-state index contributed by atoms with van der Waals surface area (Å²) < 4.78 is 12.2. The second-order valence-electron chi connectivity index (χ2n) is 5.16. The monoisotopic (exact) mass is 262 g/mol. The summed E-state index contributed by atoms with van der Waals surface area (Å²) >= 11 is 1.88. The Balaban J connectivity index is 2.23. The summed E-state index contributed by atoms with van der Waals surface area (Å²) in [6.45, 7) is 6.52. The van der Waals surface area contributed by atoms with Gasteiger partial charge in [-0.3, -0.25) is 4.21 Å². The van der Waals surface area contributed by atoms with Crippen LogP contribution in [0.3, 0.4) is 0 Å². The van der Waals surface area contributed by atoms with Crippen molar-refractivity contribution in [2.45, 2.75) is 75.0 Å². The Kier molecular flexibility index (Phi) is 6.42. The van der Waals surface area contributed by atoms with E-state index in [1.54, 1.807) is 0 Å². The molecule has 0 bridgehead atoms. The van der Waals surface area contributed by atoms with E-state index < -0.39 is 10.8 Å². The fraction of sp³-hybridized carbons (Fsp3) is 1.00. The van der Waals surface area contributed by atoms with Crippen LogP contribution in [0.5, 0.6) is 0 Å². The molecule has 1 rings (SSSR count). The van der Waals surface area contributed by atoms with E-state index in [1.165, 1.54) is 44.3 Å². The SMILES string of the molecule is CCCCCCCC1CCSC(C)(C)S1=O. The Morgan fingerprint density at radius 1 is 1.25 bits per heavy atom. The van der Waals surface area contributed by atoms with Crippen LogP contribution in [0, 0.1) is 0 Å². The van der Waals surface area contributed by atoms with Gasteiger partial charge in [0.15, 0.2) is 0 Å². The van der Waals surface area contributed by atoms with Crippen molar-refractivity contribution in [2.75, 3.05) is 5.75 Å². The quantitative estimate of drug-likeness (QED) is 0.662. The van der Waals surface area contributed by atoms with E-state index in [1.807, 2.05) is 11.8 Å². The normalized spacial score (nSPS) is 29.2. The average molecular weight is 262 g/mol. The second kappa shape index (κ2) is 7.05. The molecule has 1 saturated heterocycles. The van der Waals surface area contributed by atoms with Crippen molar-refractivity contribution < 1.29 is 4.21 Å². The minimum absolute atomic E-state index is 0.00760. The second-order valence-corrected chi connectivity index (χ2v) is 9.42. The highest BCUT2D eigenvalue weighted by Crippen LogP contribution is 2.38. The fourth-order valence-electron chi connectivity index (χ4n) is 2.23. The molecule has 1 fully saturated rings. The molecule has 0 N–H and O–H groups in total. The molecule has 0 aliphatic carbocycles. The van der Waals surface area contributed by atoms with Crippen molar-refractivity contribution in [3.63, 3.8) is 0 Å². The molecule has 1 nitrogen and oxygen atoms in total. The third-order valence-corrected chi connectivity index (χ3v) is 7.33. The Morgan fingerprint density at radius 2 is 1.94 bits per heavy atom. The van der Waals surface area contributed by atoms with Crippen LogP contribution in [-0.4, -0.2) is 19.3 Å². The van der Waals surface area contributed by atoms with Gasteiger partial charge in [-0.05, 0) is 32.4 Å². The molecule has 3 heteroatoms. The minimum Gasteiger partial charge on any atom is -0.258 e. The van der Waals surface area contributed by atoms with Crippen LogP contribution in [0.2, 0.25) is 0 Å². The molecule has 1 aliphatic rings. The average Bonchev–Trinajstić information content (AvgIpc) is 2.24. The van der Waals surface area contributed by atoms with Crippen LogP contribution < -0.4 is 0 Å². The van der Waals surface area contributed by atoms with Crippen molar-refractivity contribution in [1.82, 2.24) is 0 Å². The summed E-state index contributed by atoms with van der Waals surface area (Å²) in [5.41, 5.74) is 0. The number of thioether (sulfide) groups is 1. The van der Waals surface area contributed by atoms with Crippen LogP contribution in [0.1, 0.15) is 65.7 Å². The van der Waals surface area contributed by atoms with Gasteiger partial charge in [-0.2, -0.15) is 0 Å². The van der Waals surface area contributed by atoms with Crippen molar-refractivity contribution in [3.8, 4) is 0 Å². The summed E-state index contributed by atoms with van der Waals surface area (Å²) in [5.74, 6) is 1.19. The third kappa shape index (κ3) is 4.40. The summed E-state index contributed by atoms with van der Waals surface area (Å²) in [6, 6.07) is 0. The zero-order chi connectivity index (χ0) is 12.0. The van der Waals surface area contributed by atoms with Crippen molar-refractivity contribution in [2.24, 2.45) is 0 Å². The van der Waals surface area contributed by atoms with Crippen LogP contribution >= 0.6 is 11.8 Å². The van der Waals surface area contributed by atoms with Crippen molar-refractivity contribution in [3.05, 3.63) is 0 Å². The van der Waals surface area contributed by atoms with Gasteiger partial charge in [-0.15, -0.1) is 11.8 Å². The van der Waals surface area contributed by atoms with Gasteiger partial charge in [0.05, 0.1) is 4.08 Å². The molecule has 0 radical (unpaired) electrons. The summed E-state index contributed by atoms with van der Waals surface area (Å²) in [5, 5.41) is 0.470. The maximum atomic E-state index is 12.3. The third-order valence-electron chi connectivity index (χ3n) is 3.31. The first-order chi connectivity index (χ1) is 7.58. The standard InChI is InChI=1S/C13H26OS2/c1-4-5-6-7-8-9-12-10-11-15-13(2,3)16(12)14/h12H,4-11H2,1-3H3. The van der Waals surface area contributed by atoms with Gasteiger partial charge >= 0.3 is 0 Å². The van der Waals surface area contributed by atoms with Gasteiger partial charge in [0.25, 0.3) is 0 Å². The van der Waals surface area contributed by atoms with E-state index in [0.29, 0.717) is 5.25 Å². The first-order valence-corrected chi connectivity index (χ1v) is 8.82. The maximum absolute atomic E-state index is 12.3. The highest BCUT2D eigenvalue weighted by atomic mass is 32.2. The summed E-state index contributed by atoms with van der Waals surface area (Å²) in [6.07, 6.45) is 8.96. The lowest BCUT2D eigenvalue weighted by Crippen LogP contribution is -2.36. The topological polar surface area (TPSA) is 17.1 Å². The number of hydrogen-bond donors (Lipinski definition) is 0.